The number of carbonyl (C=O) groups is 1. The van der Waals surface area contributed by atoms with Crippen LogP contribution >= 0.6 is 11.6 Å². The summed E-state index contributed by atoms with van der Waals surface area (Å²) in [6, 6.07) is 5.38. The van der Waals surface area contributed by atoms with Gasteiger partial charge in [-0.15, -0.1) is 0 Å². The summed E-state index contributed by atoms with van der Waals surface area (Å²) < 4.78 is 7.14. The quantitative estimate of drug-likeness (QED) is 0.905. The van der Waals surface area contributed by atoms with Crippen LogP contribution < -0.4 is 0 Å². The number of hydrogen-bond donors (Lipinski definition) is 1. The van der Waals surface area contributed by atoms with Crippen molar-refractivity contribution in [3.63, 3.8) is 0 Å². The molecule has 7 heteroatoms. The molecule has 0 aliphatic carbocycles. The van der Waals surface area contributed by atoms with E-state index in [0.29, 0.717) is 24.5 Å². The highest BCUT2D eigenvalue weighted by Gasteiger charge is 2.32. The third kappa shape index (κ3) is 2.50. The number of hydrogen-bond acceptors (Lipinski definition) is 4. The molecule has 1 aliphatic heterocycles. The minimum absolute atomic E-state index is 0.0781. The first-order valence-electron chi connectivity index (χ1n) is 6.78. The molecule has 1 fully saturated rings. The molecule has 0 aromatic carbocycles. The van der Waals surface area contributed by atoms with Crippen LogP contribution in [0.3, 0.4) is 0 Å². The summed E-state index contributed by atoms with van der Waals surface area (Å²) in [7, 11) is 0. The first kappa shape index (κ1) is 14.3. The summed E-state index contributed by atoms with van der Waals surface area (Å²) in [5, 5.41) is 9.41. The van der Waals surface area contributed by atoms with Crippen LogP contribution in [0.5, 0.6) is 0 Å². The van der Waals surface area contributed by atoms with Crippen molar-refractivity contribution in [2.24, 2.45) is 0 Å². The van der Waals surface area contributed by atoms with E-state index >= 15 is 0 Å². The van der Waals surface area contributed by atoms with Crippen molar-refractivity contribution in [2.75, 3.05) is 19.8 Å². The Morgan fingerprint density at radius 1 is 1.57 bits per heavy atom. The lowest BCUT2D eigenvalue weighted by Crippen LogP contribution is -2.52. The first-order chi connectivity index (χ1) is 10.1. The Morgan fingerprint density at radius 2 is 2.38 bits per heavy atom. The fraction of sp³-hybridized carbons (Fsp3) is 0.429. The number of rotatable bonds is 2. The number of aromatic nitrogens is 2. The van der Waals surface area contributed by atoms with Gasteiger partial charge in [0.15, 0.2) is 10.8 Å². The van der Waals surface area contributed by atoms with E-state index in [0.717, 1.165) is 0 Å². The van der Waals surface area contributed by atoms with Crippen LogP contribution in [0.25, 0.3) is 5.65 Å². The minimum Gasteiger partial charge on any atom is -0.394 e. The Morgan fingerprint density at radius 3 is 3.14 bits per heavy atom. The second-order valence-electron chi connectivity index (χ2n) is 5.12. The lowest BCUT2D eigenvalue weighted by molar-refractivity contribution is -0.0668. The zero-order valence-electron chi connectivity index (χ0n) is 11.6. The summed E-state index contributed by atoms with van der Waals surface area (Å²) in [5.41, 5.74) is 0.975. The van der Waals surface area contributed by atoms with Crippen molar-refractivity contribution in [3.8, 4) is 0 Å². The number of imidazole rings is 1. The van der Waals surface area contributed by atoms with Crippen LogP contribution in [0.15, 0.2) is 24.4 Å². The number of nitrogens with zero attached hydrogens (tertiary/aromatic N) is 3. The number of ether oxygens (including phenoxy) is 1. The van der Waals surface area contributed by atoms with E-state index in [1.54, 1.807) is 21.6 Å². The Balaban J connectivity index is 1.98. The van der Waals surface area contributed by atoms with Crippen molar-refractivity contribution in [3.05, 3.63) is 35.2 Å². The standard InChI is InChI=1S/C14H16ClN3O3/c1-9-8-21-10(7-19)6-18(9)14(20)12-13(15)16-11-4-2-3-5-17(11)12/h2-5,9-10,19H,6-8H2,1H3. The smallest absolute Gasteiger partial charge is 0.274 e. The number of aliphatic hydroxyl groups is 1. The molecule has 0 spiro atoms. The van der Waals surface area contributed by atoms with E-state index in [-0.39, 0.29) is 29.8 Å². The predicted octanol–water partition coefficient (Wildman–Crippen LogP) is 1.21. The van der Waals surface area contributed by atoms with Crippen LogP contribution in [0, 0.1) is 0 Å². The second-order valence-corrected chi connectivity index (χ2v) is 5.48. The lowest BCUT2D eigenvalue weighted by atomic mass is 10.2. The average Bonchev–Trinajstić information content (AvgIpc) is 2.83. The van der Waals surface area contributed by atoms with Gasteiger partial charge < -0.3 is 14.7 Å². The zero-order valence-corrected chi connectivity index (χ0v) is 12.3. The molecule has 0 bridgehead atoms. The van der Waals surface area contributed by atoms with Gasteiger partial charge >= 0.3 is 0 Å². The Hall–Kier alpha value is -1.63. The summed E-state index contributed by atoms with van der Waals surface area (Å²) in [6.45, 7) is 2.53. The highest BCUT2D eigenvalue weighted by atomic mass is 35.5. The first-order valence-corrected chi connectivity index (χ1v) is 7.15. The number of carbonyl (C=O) groups excluding carboxylic acids is 1. The van der Waals surface area contributed by atoms with E-state index in [1.165, 1.54) is 0 Å². The molecule has 1 aliphatic rings. The molecule has 2 aromatic heterocycles. The molecule has 0 saturated carbocycles. The van der Waals surface area contributed by atoms with E-state index < -0.39 is 0 Å². The van der Waals surface area contributed by atoms with Gasteiger partial charge in [-0.1, -0.05) is 17.7 Å². The highest BCUT2D eigenvalue weighted by molar-refractivity contribution is 6.32. The molecule has 1 N–H and O–H groups in total. The molecular formula is C14H16ClN3O3. The van der Waals surface area contributed by atoms with Gasteiger partial charge in [-0.05, 0) is 19.1 Å². The Labute approximate surface area is 126 Å². The molecule has 3 rings (SSSR count). The predicted molar refractivity (Wildman–Crippen MR) is 77.5 cm³/mol. The molecule has 21 heavy (non-hydrogen) atoms. The molecular weight excluding hydrogens is 294 g/mol. The van der Waals surface area contributed by atoms with Gasteiger partial charge in [0.1, 0.15) is 5.65 Å². The van der Waals surface area contributed by atoms with Crippen molar-refractivity contribution in [1.29, 1.82) is 0 Å². The van der Waals surface area contributed by atoms with E-state index in [9.17, 15) is 9.90 Å². The number of fused-ring (bicyclic) bond motifs is 1. The van der Waals surface area contributed by atoms with Crippen LogP contribution in [0.2, 0.25) is 5.15 Å². The van der Waals surface area contributed by atoms with Crippen molar-refractivity contribution >= 4 is 23.2 Å². The third-order valence-corrected chi connectivity index (χ3v) is 3.92. The van der Waals surface area contributed by atoms with Gasteiger partial charge in [-0.25, -0.2) is 4.98 Å². The van der Waals surface area contributed by atoms with Gasteiger partial charge in [0.05, 0.1) is 25.4 Å². The van der Waals surface area contributed by atoms with E-state index in [4.69, 9.17) is 16.3 Å². The fourth-order valence-electron chi connectivity index (χ4n) is 2.51. The van der Waals surface area contributed by atoms with Crippen LogP contribution in [-0.4, -0.2) is 57.2 Å². The molecule has 1 saturated heterocycles. The Kier molecular flexibility index (Phi) is 3.84. The summed E-state index contributed by atoms with van der Waals surface area (Å²) in [6.07, 6.45) is 1.40. The van der Waals surface area contributed by atoms with E-state index in [2.05, 4.69) is 4.98 Å². The number of morpholine rings is 1. The minimum atomic E-state index is -0.358. The largest absolute Gasteiger partial charge is 0.394 e. The number of amides is 1. The normalized spacial score (nSPS) is 22.7. The molecule has 112 valence electrons. The highest BCUT2D eigenvalue weighted by Crippen LogP contribution is 2.22. The number of pyridine rings is 1. The average molecular weight is 310 g/mol. The van der Waals surface area contributed by atoms with Gasteiger partial charge in [0.25, 0.3) is 5.91 Å². The summed E-state index contributed by atoms with van der Waals surface area (Å²) in [4.78, 5) is 18.7. The monoisotopic (exact) mass is 309 g/mol. The number of halogens is 1. The van der Waals surface area contributed by atoms with Crippen molar-refractivity contribution in [1.82, 2.24) is 14.3 Å². The SMILES string of the molecule is CC1COC(CO)CN1C(=O)c1c(Cl)nc2ccccn12. The van der Waals surface area contributed by atoms with Crippen LogP contribution in [-0.2, 0) is 4.74 Å². The van der Waals surface area contributed by atoms with Crippen LogP contribution in [0.1, 0.15) is 17.4 Å². The topological polar surface area (TPSA) is 67.1 Å². The molecule has 2 unspecified atom stereocenters. The van der Waals surface area contributed by atoms with Crippen molar-refractivity contribution < 1.29 is 14.6 Å². The van der Waals surface area contributed by atoms with Crippen molar-refractivity contribution in [2.45, 2.75) is 19.1 Å². The number of aliphatic hydroxyl groups excluding tert-OH is 1. The lowest BCUT2D eigenvalue weighted by Gasteiger charge is -2.37. The second kappa shape index (κ2) is 5.63. The Bertz CT molecular complexity index is 673. The maximum atomic E-state index is 12.8. The molecule has 1 amide bonds. The van der Waals surface area contributed by atoms with E-state index in [1.807, 2.05) is 19.1 Å². The molecule has 2 atom stereocenters. The third-order valence-electron chi connectivity index (χ3n) is 3.66. The zero-order chi connectivity index (χ0) is 15.0. The summed E-state index contributed by atoms with van der Waals surface area (Å²) in [5.74, 6) is -0.201. The fourth-order valence-corrected chi connectivity index (χ4v) is 2.76. The van der Waals surface area contributed by atoms with Gasteiger partial charge in [-0.3, -0.25) is 9.20 Å². The molecule has 0 radical (unpaired) electrons. The van der Waals surface area contributed by atoms with Crippen LogP contribution in [0.4, 0.5) is 0 Å². The molecule has 6 nitrogen and oxygen atoms in total. The summed E-state index contributed by atoms with van der Waals surface area (Å²) >= 11 is 6.14. The van der Waals surface area contributed by atoms with Gasteiger partial charge in [0, 0.05) is 12.7 Å². The van der Waals surface area contributed by atoms with Gasteiger partial charge in [0.2, 0.25) is 0 Å². The molecule has 3 heterocycles. The maximum absolute atomic E-state index is 12.8. The molecule has 2 aromatic rings. The maximum Gasteiger partial charge on any atom is 0.274 e. The van der Waals surface area contributed by atoms with Gasteiger partial charge in [-0.2, -0.15) is 0 Å².